The molecule has 0 atom stereocenters. The molecular weight excluding hydrogens is 279 g/mol. The third kappa shape index (κ3) is 2.80. The van der Waals surface area contributed by atoms with Crippen LogP contribution in [0.15, 0.2) is 0 Å². The Hall–Kier alpha value is 0.599. The molecule has 0 unspecified atom stereocenters. The Kier molecular flexibility index (Phi) is 5.86. The first-order valence-corrected chi connectivity index (χ1v) is 9.97. The molecule has 0 heterocycles. The van der Waals surface area contributed by atoms with E-state index in [1.807, 2.05) is 0 Å². The molecule has 1 nitrogen and oxygen atoms in total. The van der Waals surface area contributed by atoms with E-state index in [4.69, 9.17) is 0 Å². The third-order valence-electron chi connectivity index (χ3n) is 4.22. The van der Waals surface area contributed by atoms with Crippen molar-refractivity contribution in [3.63, 3.8) is 0 Å². The Labute approximate surface area is 96.8 Å². The van der Waals surface area contributed by atoms with Crippen molar-refractivity contribution in [2.24, 2.45) is 0 Å². The van der Waals surface area contributed by atoms with Crippen LogP contribution in [0.3, 0.4) is 0 Å². The van der Waals surface area contributed by atoms with Gasteiger partial charge in [0, 0.05) is 0 Å². The first-order chi connectivity index (χ1) is 6.40. The molecule has 0 saturated carbocycles. The molecular formula is C12H26OSn. The Morgan fingerprint density at radius 1 is 0.786 bits per heavy atom. The van der Waals surface area contributed by atoms with Gasteiger partial charge in [0.2, 0.25) is 0 Å². The zero-order chi connectivity index (χ0) is 11.4. The average molecular weight is 305 g/mol. The first-order valence-electron chi connectivity index (χ1n) is 5.95. The quantitative estimate of drug-likeness (QED) is 0.657. The van der Waals surface area contributed by atoms with Gasteiger partial charge in [-0.25, -0.2) is 0 Å². The molecule has 0 saturated heterocycles. The summed E-state index contributed by atoms with van der Waals surface area (Å²) in [6.45, 7) is 13.2. The van der Waals surface area contributed by atoms with Gasteiger partial charge in [0.15, 0.2) is 0 Å². The summed E-state index contributed by atoms with van der Waals surface area (Å²) in [5.41, 5.74) is 0. The van der Waals surface area contributed by atoms with E-state index in [0.29, 0.717) is 0 Å². The minimum absolute atomic E-state index is 0.170. The standard InChI is InChI=1S/2C6H13.O.Sn/c2*1-4-6(3)5-2;;/h2*4-5H2,1-3H3;;. The fraction of sp³-hybridized carbons (Fsp3) is 1.00. The maximum atomic E-state index is 12.7. The van der Waals surface area contributed by atoms with Crippen molar-refractivity contribution in [3.05, 3.63) is 0 Å². The van der Waals surface area contributed by atoms with Crippen LogP contribution in [0, 0.1) is 0 Å². The molecule has 0 aromatic carbocycles. The molecule has 14 heavy (non-hydrogen) atoms. The molecule has 0 aliphatic carbocycles. The maximum absolute atomic E-state index is 12.7. The van der Waals surface area contributed by atoms with Gasteiger partial charge in [-0.3, -0.25) is 0 Å². The molecule has 0 amide bonds. The topological polar surface area (TPSA) is 17.1 Å². The van der Waals surface area contributed by atoms with Crippen LogP contribution in [0.1, 0.15) is 67.2 Å². The van der Waals surface area contributed by atoms with Crippen molar-refractivity contribution in [2.45, 2.75) is 74.1 Å². The van der Waals surface area contributed by atoms with Crippen molar-refractivity contribution >= 4 is 19.7 Å². The van der Waals surface area contributed by atoms with E-state index in [1.165, 1.54) is 0 Å². The summed E-state index contributed by atoms with van der Waals surface area (Å²) in [7, 11) is 0. The van der Waals surface area contributed by atoms with E-state index in [-0.39, 0.29) is 6.86 Å². The summed E-state index contributed by atoms with van der Waals surface area (Å²) in [6, 6.07) is 0. The minimum atomic E-state index is -2.53. The molecule has 0 rings (SSSR count). The van der Waals surface area contributed by atoms with Crippen molar-refractivity contribution in [2.75, 3.05) is 0 Å². The Balaban J connectivity index is 4.90. The molecule has 2 heteroatoms. The Morgan fingerprint density at radius 2 is 1.00 bits per heavy atom. The van der Waals surface area contributed by atoms with Gasteiger partial charge < -0.3 is 0 Å². The van der Waals surface area contributed by atoms with Crippen LogP contribution in [-0.2, 0) is 3.08 Å². The van der Waals surface area contributed by atoms with Crippen LogP contribution in [0.25, 0.3) is 0 Å². The van der Waals surface area contributed by atoms with E-state index in [0.717, 1.165) is 25.7 Å². The van der Waals surface area contributed by atoms with Gasteiger partial charge in [0.25, 0.3) is 0 Å². The SMILES string of the molecule is CC[C](C)(CC)[Sn](=[O])[C](C)(CC)CC. The van der Waals surface area contributed by atoms with Crippen molar-refractivity contribution < 1.29 is 3.08 Å². The fourth-order valence-electron chi connectivity index (χ4n) is 1.87. The first kappa shape index (κ1) is 14.6. The van der Waals surface area contributed by atoms with Gasteiger partial charge in [0.05, 0.1) is 0 Å². The molecule has 84 valence electrons. The summed E-state index contributed by atoms with van der Waals surface area (Å²) in [6.07, 6.45) is 4.32. The van der Waals surface area contributed by atoms with E-state index < -0.39 is 19.7 Å². The van der Waals surface area contributed by atoms with Crippen molar-refractivity contribution in [1.29, 1.82) is 0 Å². The van der Waals surface area contributed by atoms with Crippen molar-refractivity contribution in [3.8, 4) is 0 Å². The van der Waals surface area contributed by atoms with E-state index in [1.54, 1.807) is 0 Å². The summed E-state index contributed by atoms with van der Waals surface area (Å²) in [5.74, 6) is 0. The predicted molar refractivity (Wildman–Crippen MR) is 64.3 cm³/mol. The van der Waals surface area contributed by atoms with E-state index in [2.05, 4.69) is 41.5 Å². The van der Waals surface area contributed by atoms with Crippen LogP contribution < -0.4 is 0 Å². The van der Waals surface area contributed by atoms with Crippen LogP contribution in [0.2, 0.25) is 6.86 Å². The van der Waals surface area contributed by atoms with Crippen molar-refractivity contribution in [1.82, 2.24) is 0 Å². The van der Waals surface area contributed by atoms with Crippen LogP contribution in [0.4, 0.5) is 0 Å². The molecule has 0 aliphatic rings. The second-order valence-electron chi connectivity index (χ2n) is 4.86. The van der Waals surface area contributed by atoms with Gasteiger partial charge in [0.1, 0.15) is 0 Å². The zero-order valence-corrected chi connectivity index (χ0v) is 13.6. The second-order valence-corrected chi connectivity index (χ2v) is 13.6. The third-order valence-corrected chi connectivity index (χ3v) is 14.5. The van der Waals surface area contributed by atoms with Gasteiger partial charge in [-0.2, -0.15) is 0 Å². The van der Waals surface area contributed by atoms with E-state index >= 15 is 0 Å². The number of rotatable bonds is 6. The molecule has 0 aromatic rings. The van der Waals surface area contributed by atoms with Gasteiger partial charge in [-0.1, -0.05) is 0 Å². The van der Waals surface area contributed by atoms with Crippen LogP contribution >= 0.6 is 0 Å². The van der Waals surface area contributed by atoms with Crippen LogP contribution in [-0.4, -0.2) is 19.7 Å². The predicted octanol–water partition coefficient (Wildman–Crippen LogP) is 4.57. The number of hydrogen-bond acceptors (Lipinski definition) is 1. The summed E-state index contributed by atoms with van der Waals surface area (Å²) >= 11 is -2.53. The molecule has 0 spiro atoms. The number of hydrogen-bond donors (Lipinski definition) is 0. The fourth-order valence-corrected chi connectivity index (χ4v) is 9.70. The normalized spacial score (nSPS) is 13.0. The molecule has 0 bridgehead atoms. The summed E-state index contributed by atoms with van der Waals surface area (Å²) in [4.78, 5) is 0. The van der Waals surface area contributed by atoms with Crippen LogP contribution in [0.5, 0.6) is 0 Å². The van der Waals surface area contributed by atoms with Gasteiger partial charge >= 0.3 is 96.9 Å². The van der Waals surface area contributed by atoms with Gasteiger partial charge in [-0.15, -0.1) is 0 Å². The molecule has 0 aromatic heterocycles. The summed E-state index contributed by atoms with van der Waals surface area (Å²) in [5, 5.41) is 0. The monoisotopic (exact) mass is 306 g/mol. The van der Waals surface area contributed by atoms with Gasteiger partial charge in [-0.05, 0) is 0 Å². The average Bonchev–Trinajstić information content (AvgIpc) is 2.25. The second kappa shape index (κ2) is 5.62. The zero-order valence-electron chi connectivity index (χ0n) is 10.7. The summed E-state index contributed by atoms with van der Waals surface area (Å²) < 4.78 is 13.0. The molecule has 0 radical (unpaired) electrons. The Bertz CT molecular complexity index is 170. The molecule has 0 N–H and O–H groups in total. The molecule has 0 aliphatic heterocycles. The molecule has 0 fully saturated rings. The Morgan fingerprint density at radius 3 is 1.14 bits per heavy atom. The van der Waals surface area contributed by atoms with E-state index in [9.17, 15) is 3.08 Å².